The first-order chi connectivity index (χ1) is 27.8. The van der Waals surface area contributed by atoms with Gasteiger partial charge in [-0.1, -0.05) is 158 Å². The quantitative estimate of drug-likeness (QED) is 0.172. The number of aromatic nitrogens is 2. The summed E-state index contributed by atoms with van der Waals surface area (Å²) >= 11 is 0. The van der Waals surface area contributed by atoms with Gasteiger partial charge in [0.15, 0.2) is 0 Å². The Morgan fingerprint density at radius 1 is 0.446 bits per heavy atom. The fraction of sp³-hybridized carbons (Fsp3) is 0.0741. The van der Waals surface area contributed by atoms with E-state index >= 15 is 0 Å². The van der Waals surface area contributed by atoms with Crippen molar-refractivity contribution in [3.8, 4) is 22.3 Å². The molecule has 0 fully saturated rings. The predicted octanol–water partition coefficient (Wildman–Crippen LogP) is 13.4. The fourth-order valence-corrected chi connectivity index (χ4v) is 10.6. The molecule has 2 unspecified atom stereocenters. The fourth-order valence-electron chi connectivity index (χ4n) is 10.6. The van der Waals surface area contributed by atoms with Gasteiger partial charge in [-0.25, -0.2) is 0 Å². The summed E-state index contributed by atoms with van der Waals surface area (Å²) in [4.78, 5) is 0. The van der Waals surface area contributed by atoms with Crippen LogP contribution in [0.4, 0.5) is 0 Å². The average Bonchev–Trinajstić information content (AvgIpc) is 4.00. The Labute approximate surface area is 323 Å². The lowest BCUT2D eigenvalue weighted by Gasteiger charge is -2.20. The summed E-state index contributed by atoms with van der Waals surface area (Å²) in [6, 6.07) is 57.1. The van der Waals surface area contributed by atoms with E-state index in [-0.39, 0.29) is 0 Å². The Morgan fingerprint density at radius 3 is 1.91 bits per heavy atom. The molecule has 0 aliphatic heterocycles. The van der Waals surface area contributed by atoms with Gasteiger partial charge in [0, 0.05) is 49.4 Å². The van der Waals surface area contributed by atoms with Gasteiger partial charge in [0.2, 0.25) is 0 Å². The summed E-state index contributed by atoms with van der Waals surface area (Å²) in [6.07, 6.45) is 13.5. The highest BCUT2D eigenvalue weighted by atomic mass is 14.9. The van der Waals surface area contributed by atoms with Gasteiger partial charge < -0.3 is 8.80 Å². The number of benzene rings is 7. The number of nitrogens with zero attached hydrogens (tertiary/aromatic N) is 2. The number of allylic oxidation sites excluding steroid dienone is 4. The smallest absolute Gasteiger partial charge is 0.0626 e. The molecule has 2 nitrogen and oxygen atoms in total. The Morgan fingerprint density at radius 2 is 1.11 bits per heavy atom. The van der Waals surface area contributed by atoms with Crippen LogP contribution in [-0.2, 0) is 0 Å². The molecule has 2 aliphatic carbocycles. The molecule has 11 aromatic rings. The highest BCUT2D eigenvalue weighted by molar-refractivity contribution is 6.28. The molecule has 2 heteroatoms. The molecule has 7 aromatic carbocycles. The molecule has 0 N–H and O–H groups in total. The second kappa shape index (κ2) is 11.3. The molecule has 56 heavy (non-hydrogen) atoms. The van der Waals surface area contributed by atoms with E-state index in [2.05, 4.69) is 191 Å². The number of para-hydroxylation sites is 2. The molecule has 13 rings (SSSR count). The SMILES string of the molecule is C1=CCC(c2ccc(C3CC=c4c5cc6c(cc5n5c4c3c3ccccc35)c3ccc(-c4ccc(-c5ccccc5)cc4)c4c5ccccc5n6c34)cc2)C=C1. The summed E-state index contributed by atoms with van der Waals surface area (Å²) in [5, 5.41) is 9.35. The molecular weight excluding hydrogens is 677 g/mol. The minimum Gasteiger partial charge on any atom is -0.308 e. The van der Waals surface area contributed by atoms with Crippen LogP contribution in [0.5, 0.6) is 0 Å². The van der Waals surface area contributed by atoms with Crippen molar-refractivity contribution in [1.29, 1.82) is 0 Å². The molecule has 4 heterocycles. The minimum absolute atomic E-state index is 0.311. The first-order valence-electron chi connectivity index (χ1n) is 20.0. The number of hydrogen-bond donors (Lipinski definition) is 0. The molecule has 262 valence electrons. The Kier molecular flexibility index (Phi) is 6.15. The third-order valence-electron chi connectivity index (χ3n) is 13.1. The summed E-state index contributed by atoms with van der Waals surface area (Å²) in [5.41, 5.74) is 17.1. The molecule has 0 amide bonds. The molecule has 0 bridgehead atoms. The van der Waals surface area contributed by atoms with E-state index in [1.54, 1.807) is 0 Å². The van der Waals surface area contributed by atoms with Crippen molar-refractivity contribution in [2.45, 2.75) is 24.7 Å². The van der Waals surface area contributed by atoms with Crippen LogP contribution < -0.4 is 5.22 Å². The van der Waals surface area contributed by atoms with Crippen LogP contribution in [0, 0.1) is 0 Å². The highest BCUT2D eigenvalue weighted by Gasteiger charge is 2.29. The first-order valence-corrected chi connectivity index (χ1v) is 20.0. The predicted molar refractivity (Wildman–Crippen MR) is 236 cm³/mol. The van der Waals surface area contributed by atoms with Crippen LogP contribution in [0.1, 0.15) is 41.4 Å². The largest absolute Gasteiger partial charge is 0.308 e. The monoisotopic (exact) mass is 712 g/mol. The van der Waals surface area contributed by atoms with Crippen LogP contribution >= 0.6 is 0 Å². The van der Waals surface area contributed by atoms with Gasteiger partial charge >= 0.3 is 0 Å². The second-order valence-corrected chi connectivity index (χ2v) is 15.9. The van der Waals surface area contributed by atoms with Crippen LogP contribution in [0.2, 0.25) is 0 Å². The van der Waals surface area contributed by atoms with Crippen molar-refractivity contribution < 1.29 is 0 Å². The van der Waals surface area contributed by atoms with Crippen LogP contribution in [0.15, 0.2) is 176 Å². The van der Waals surface area contributed by atoms with Gasteiger partial charge in [0.25, 0.3) is 0 Å². The van der Waals surface area contributed by atoms with Crippen LogP contribution in [0.3, 0.4) is 0 Å². The second-order valence-electron chi connectivity index (χ2n) is 15.9. The topological polar surface area (TPSA) is 8.82 Å². The summed E-state index contributed by atoms with van der Waals surface area (Å²) < 4.78 is 5.13. The standard InChI is InChI=1S/C54H36N2/c1-3-11-33(12-4-1)35-19-23-37(24-20-35)39-27-29-41-45-31-50-46(32-49(45)55-47-17-9-7-15-43(47)51(39)53(41)55)42-30-28-40(52-44-16-8-10-18-48(44)56(50)54(42)52)38-25-21-36(22-26-38)34-13-5-2-6-14-34/h1-13,15-27,29-32,34,40H,14,28H2. The van der Waals surface area contributed by atoms with Crippen molar-refractivity contribution in [2.75, 3.05) is 0 Å². The lowest BCUT2D eigenvalue weighted by molar-refractivity contribution is 0.837. The van der Waals surface area contributed by atoms with E-state index in [1.807, 2.05) is 0 Å². The van der Waals surface area contributed by atoms with E-state index in [1.165, 1.54) is 110 Å². The van der Waals surface area contributed by atoms with E-state index in [0.717, 1.165) is 12.8 Å². The van der Waals surface area contributed by atoms with Gasteiger partial charge in [-0.15, -0.1) is 0 Å². The maximum atomic E-state index is 2.58. The van der Waals surface area contributed by atoms with Crippen molar-refractivity contribution in [3.05, 3.63) is 198 Å². The zero-order chi connectivity index (χ0) is 36.5. The van der Waals surface area contributed by atoms with Gasteiger partial charge in [0.05, 0.1) is 33.1 Å². The van der Waals surface area contributed by atoms with Gasteiger partial charge in [-0.05, 0) is 76.1 Å². The number of rotatable bonds is 4. The molecule has 0 saturated carbocycles. The zero-order valence-electron chi connectivity index (χ0n) is 30.8. The van der Waals surface area contributed by atoms with Crippen molar-refractivity contribution >= 4 is 71.5 Å². The Hall–Kier alpha value is -6.90. The summed E-state index contributed by atoms with van der Waals surface area (Å²) in [7, 11) is 0. The molecule has 4 aromatic heterocycles. The van der Waals surface area contributed by atoms with Gasteiger partial charge in [0.1, 0.15) is 0 Å². The minimum atomic E-state index is 0.311. The van der Waals surface area contributed by atoms with E-state index < -0.39 is 0 Å². The van der Waals surface area contributed by atoms with Crippen LogP contribution in [-0.4, -0.2) is 8.80 Å². The lowest BCUT2D eigenvalue weighted by Crippen LogP contribution is -2.12. The third-order valence-corrected chi connectivity index (χ3v) is 13.1. The molecule has 0 radical (unpaired) electrons. The Bertz CT molecular complexity index is 3500. The van der Waals surface area contributed by atoms with Gasteiger partial charge in [-0.3, -0.25) is 0 Å². The molecule has 2 atom stereocenters. The Balaban J connectivity index is 1.03. The van der Waals surface area contributed by atoms with Crippen molar-refractivity contribution in [2.24, 2.45) is 0 Å². The van der Waals surface area contributed by atoms with Gasteiger partial charge in [-0.2, -0.15) is 0 Å². The number of fused-ring (bicyclic) bond motifs is 12. The summed E-state index contributed by atoms with van der Waals surface area (Å²) in [5.74, 6) is 0.774. The van der Waals surface area contributed by atoms with E-state index in [0.29, 0.717) is 11.8 Å². The third kappa shape index (κ3) is 4.06. The highest BCUT2D eigenvalue weighted by Crippen LogP contribution is 2.47. The maximum Gasteiger partial charge on any atom is 0.0626 e. The molecule has 2 aliphatic rings. The van der Waals surface area contributed by atoms with Crippen molar-refractivity contribution in [3.63, 3.8) is 0 Å². The molecular formula is C54H36N2. The molecule has 0 saturated heterocycles. The first kappa shape index (κ1) is 30.4. The molecule has 0 spiro atoms. The normalized spacial score (nSPS) is 16.8. The average molecular weight is 713 g/mol. The summed E-state index contributed by atoms with van der Waals surface area (Å²) in [6.45, 7) is 0. The number of hydrogen-bond acceptors (Lipinski definition) is 0. The van der Waals surface area contributed by atoms with Crippen LogP contribution in [0.25, 0.3) is 93.7 Å². The maximum absolute atomic E-state index is 2.58. The lowest BCUT2D eigenvalue weighted by atomic mass is 9.82. The van der Waals surface area contributed by atoms with E-state index in [4.69, 9.17) is 0 Å². The zero-order valence-corrected chi connectivity index (χ0v) is 30.8. The van der Waals surface area contributed by atoms with Crippen molar-refractivity contribution in [1.82, 2.24) is 8.80 Å². The van der Waals surface area contributed by atoms with E-state index in [9.17, 15) is 0 Å².